The lowest BCUT2D eigenvalue weighted by molar-refractivity contribution is -0.384. The largest absolute Gasteiger partial charge is 0.478 e. The topological polar surface area (TPSA) is 96.2 Å². The molecule has 2 rings (SSSR count). The van der Waals surface area contributed by atoms with Crippen molar-refractivity contribution in [1.82, 2.24) is 4.98 Å². The third-order valence-electron chi connectivity index (χ3n) is 2.39. The van der Waals surface area contributed by atoms with Crippen LogP contribution in [0.2, 0.25) is 5.15 Å². The summed E-state index contributed by atoms with van der Waals surface area (Å²) < 4.78 is 0. The highest BCUT2D eigenvalue weighted by Crippen LogP contribution is 2.26. The van der Waals surface area contributed by atoms with Gasteiger partial charge in [0, 0.05) is 17.8 Å². The Morgan fingerprint density at radius 2 is 1.94 bits per heavy atom. The minimum absolute atomic E-state index is 0.0239. The van der Waals surface area contributed by atoms with E-state index >= 15 is 0 Å². The molecule has 7 heteroatoms. The van der Waals surface area contributed by atoms with Crippen LogP contribution in [0.4, 0.5) is 5.69 Å². The number of aromatic amines is 1. The van der Waals surface area contributed by atoms with Crippen molar-refractivity contribution in [2.75, 3.05) is 0 Å². The van der Waals surface area contributed by atoms with Crippen LogP contribution in [0.15, 0.2) is 30.3 Å². The molecule has 0 aliphatic heterocycles. The first-order chi connectivity index (χ1) is 8.49. The third kappa shape index (κ3) is 2.18. The monoisotopic (exact) mass is 266 g/mol. The van der Waals surface area contributed by atoms with Crippen LogP contribution in [-0.4, -0.2) is 21.0 Å². The summed E-state index contributed by atoms with van der Waals surface area (Å²) >= 11 is 5.73. The molecule has 0 saturated heterocycles. The number of carboxylic acid groups (broad SMARTS) is 1. The number of nitrogens with zero attached hydrogens (tertiary/aromatic N) is 1. The molecular formula is C11H7ClN2O4. The number of non-ortho nitro benzene ring substituents is 1. The van der Waals surface area contributed by atoms with E-state index in [0.717, 1.165) is 0 Å². The average Bonchev–Trinajstić information content (AvgIpc) is 2.71. The maximum absolute atomic E-state index is 10.8. The molecule has 92 valence electrons. The van der Waals surface area contributed by atoms with E-state index in [1.54, 1.807) is 0 Å². The van der Waals surface area contributed by atoms with Gasteiger partial charge in [0.25, 0.3) is 5.69 Å². The van der Waals surface area contributed by atoms with Gasteiger partial charge < -0.3 is 10.1 Å². The molecule has 0 saturated carbocycles. The quantitative estimate of drug-likeness (QED) is 0.659. The molecule has 1 aromatic heterocycles. The van der Waals surface area contributed by atoms with Crippen LogP contribution in [0.25, 0.3) is 11.3 Å². The van der Waals surface area contributed by atoms with Gasteiger partial charge in [-0.3, -0.25) is 10.1 Å². The molecule has 2 aromatic rings. The van der Waals surface area contributed by atoms with Crippen LogP contribution in [0, 0.1) is 10.1 Å². The summed E-state index contributed by atoms with van der Waals surface area (Å²) in [5.74, 6) is -1.13. The molecule has 1 aromatic carbocycles. The fourth-order valence-corrected chi connectivity index (χ4v) is 1.74. The maximum atomic E-state index is 10.8. The van der Waals surface area contributed by atoms with Crippen molar-refractivity contribution in [3.8, 4) is 11.3 Å². The van der Waals surface area contributed by atoms with Crippen molar-refractivity contribution in [3.05, 3.63) is 51.2 Å². The van der Waals surface area contributed by atoms with E-state index in [1.165, 1.54) is 30.3 Å². The maximum Gasteiger partial charge on any atom is 0.338 e. The smallest absolute Gasteiger partial charge is 0.338 e. The van der Waals surface area contributed by atoms with Gasteiger partial charge in [0.2, 0.25) is 0 Å². The normalized spacial score (nSPS) is 10.3. The van der Waals surface area contributed by atoms with Crippen LogP contribution < -0.4 is 0 Å². The minimum atomic E-state index is -1.13. The summed E-state index contributed by atoms with van der Waals surface area (Å²) in [4.78, 5) is 23.5. The molecule has 0 unspecified atom stereocenters. The van der Waals surface area contributed by atoms with Crippen LogP contribution in [0.3, 0.4) is 0 Å². The fourth-order valence-electron chi connectivity index (χ4n) is 1.50. The number of aromatic nitrogens is 1. The number of hydrogen-bond acceptors (Lipinski definition) is 3. The Morgan fingerprint density at radius 1 is 1.33 bits per heavy atom. The number of aromatic carboxylic acids is 1. The van der Waals surface area contributed by atoms with E-state index < -0.39 is 10.9 Å². The van der Waals surface area contributed by atoms with E-state index in [9.17, 15) is 14.9 Å². The molecule has 0 radical (unpaired) electrons. The number of nitro benzene ring substituents is 1. The van der Waals surface area contributed by atoms with Gasteiger partial charge in [-0.15, -0.1) is 0 Å². The third-order valence-corrected chi connectivity index (χ3v) is 2.69. The first-order valence-electron chi connectivity index (χ1n) is 4.85. The zero-order valence-corrected chi connectivity index (χ0v) is 9.64. The van der Waals surface area contributed by atoms with Crippen molar-refractivity contribution in [2.45, 2.75) is 0 Å². The van der Waals surface area contributed by atoms with Gasteiger partial charge in [0.15, 0.2) is 0 Å². The number of carboxylic acids is 1. The lowest BCUT2D eigenvalue weighted by Gasteiger charge is -1.96. The number of nitrogens with one attached hydrogen (secondary N) is 1. The van der Waals surface area contributed by atoms with Gasteiger partial charge in [0.1, 0.15) is 5.15 Å². The molecule has 6 nitrogen and oxygen atoms in total. The highest BCUT2D eigenvalue weighted by atomic mass is 35.5. The number of nitro groups is 1. The second kappa shape index (κ2) is 4.50. The summed E-state index contributed by atoms with van der Waals surface area (Å²) in [6.07, 6.45) is 0. The van der Waals surface area contributed by atoms with Gasteiger partial charge in [-0.05, 0) is 23.8 Å². The van der Waals surface area contributed by atoms with Gasteiger partial charge in [-0.2, -0.15) is 0 Å². The van der Waals surface area contributed by atoms with Crippen molar-refractivity contribution >= 4 is 23.3 Å². The van der Waals surface area contributed by atoms with Crippen LogP contribution in [-0.2, 0) is 0 Å². The highest BCUT2D eigenvalue weighted by Gasteiger charge is 2.14. The number of H-pyrrole nitrogens is 1. The zero-order chi connectivity index (χ0) is 13.3. The average molecular weight is 267 g/mol. The van der Waals surface area contributed by atoms with Gasteiger partial charge in [0.05, 0.1) is 10.5 Å². The van der Waals surface area contributed by atoms with Gasteiger partial charge in [-0.25, -0.2) is 4.79 Å². The van der Waals surface area contributed by atoms with Crippen LogP contribution in [0.5, 0.6) is 0 Å². The standard InChI is InChI=1S/C11H7ClN2O4/c12-10-8(11(15)16)5-9(13-10)6-1-3-7(4-2-6)14(17)18/h1-5,13H,(H,15,16). The Labute approximate surface area is 106 Å². The summed E-state index contributed by atoms with van der Waals surface area (Å²) in [6.45, 7) is 0. The Hall–Kier alpha value is -2.34. The second-order valence-corrected chi connectivity index (χ2v) is 3.90. The molecule has 0 amide bonds. The number of benzene rings is 1. The van der Waals surface area contributed by atoms with E-state index in [0.29, 0.717) is 11.3 Å². The predicted molar refractivity (Wildman–Crippen MR) is 64.9 cm³/mol. The molecule has 2 N–H and O–H groups in total. The molecule has 0 spiro atoms. The zero-order valence-electron chi connectivity index (χ0n) is 8.88. The fraction of sp³-hybridized carbons (Fsp3) is 0. The summed E-state index contributed by atoms with van der Waals surface area (Å²) in [5.41, 5.74) is 1.04. The van der Waals surface area contributed by atoms with E-state index in [-0.39, 0.29) is 16.4 Å². The minimum Gasteiger partial charge on any atom is -0.478 e. The molecule has 0 aliphatic rings. The first-order valence-corrected chi connectivity index (χ1v) is 5.23. The highest BCUT2D eigenvalue weighted by molar-refractivity contribution is 6.32. The number of rotatable bonds is 3. The molecule has 0 atom stereocenters. The Kier molecular flexibility index (Phi) is 3.03. The SMILES string of the molecule is O=C(O)c1cc(-c2ccc([N+](=O)[O-])cc2)[nH]c1Cl. The Bertz CT molecular complexity index is 618. The molecule has 1 heterocycles. The summed E-state index contributed by atoms with van der Waals surface area (Å²) in [6, 6.07) is 7.10. The summed E-state index contributed by atoms with van der Waals surface area (Å²) in [7, 11) is 0. The first kappa shape index (κ1) is 12.1. The Balaban J connectivity index is 2.40. The van der Waals surface area contributed by atoms with Crippen molar-refractivity contribution < 1.29 is 14.8 Å². The molecule has 0 bridgehead atoms. The lowest BCUT2D eigenvalue weighted by atomic mass is 10.1. The predicted octanol–water partition coefficient (Wildman–Crippen LogP) is 2.94. The van der Waals surface area contributed by atoms with E-state index in [1.807, 2.05) is 0 Å². The van der Waals surface area contributed by atoms with Crippen LogP contribution in [0.1, 0.15) is 10.4 Å². The summed E-state index contributed by atoms with van der Waals surface area (Å²) in [5, 5.41) is 19.4. The second-order valence-electron chi connectivity index (χ2n) is 3.52. The van der Waals surface area contributed by atoms with Gasteiger partial charge in [-0.1, -0.05) is 11.6 Å². The number of halogens is 1. The van der Waals surface area contributed by atoms with Crippen molar-refractivity contribution in [1.29, 1.82) is 0 Å². The number of carbonyl (C=O) groups is 1. The number of hydrogen-bond donors (Lipinski definition) is 2. The van der Waals surface area contributed by atoms with Crippen molar-refractivity contribution in [2.24, 2.45) is 0 Å². The molecular weight excluding hydrogens is 260 g/mol. The van der Waals surface area contributed by atoms with E-state index in [2.05, 4.69) is 4.98 Å². The molecule has 18 heavy (non-hydrogen) atoms. The lowest BCUT2D eigenvalue weighted by Crippen LogP contribution is -1.93. The van der Waals surface area contributed by atoms with Crippen molar-refractivity contribution in [3.63, 3.8) is 0 Å². The van der Waals surface area contributed by atoms with Gasteiger partial charge >= 0.3 is 5.97 Å². The molecule has 0 fully saturated rings. The van der Waals surface area contributed by atoms with E-state index in [4.69, 9.17) is 16.7 Å². The molecule has 0 aliphatic carbocycles. The van der Waals surface area contributed by atoms with Crippen LogP contribution >= 0.6 is 11.6 Å². The Morgan fingerprint density at radius 3 is 2.39 bits per heavy atom.